The average molecular weight is 278 g/mol. The third-order valence-corrected chi connectivity index (χ3v) is 2.90. The minimum atomic E-state index is -0.348. The molecule has 0 saturated heterocycles. The maximum absolute atomic E-state index is 11.5. The van der Waals surface area contributed by atoms with E-state index in [1.807, 2.05) is 0 Å². The fourth-order valence-electron chi connectivity index (χ4n) is 1.11. The van der Waals surface area contributed by atoms with Crippen molar-refractivity contribution in [3.05, 3.63) is 32.8 Å². The summed E-state index contributed by atoms with van der Waals surface area (Å²) in [5.41, 5.74) is 1.24. The molecule has 0 saturated carbocycles. The van der Waals surface area contributed by atoms with Crippen molar-refractivity contribution in [2.45, 2.75) is 13.8 Å². The van der Waals surface area contributed by atoms with Crippen LogP contribution in [0.4, 0.5) is 0 Å². The van der Waals surface area contributed by atoms with Gasteiger partial charge in [0.25, 0.3) is 0 Å². The van der Waals surface area contributed by atoms with Crippen LogP contribution in [0.5, 0.6) is 0 Å². The number of carbonyl (C=O) groups excluding carboxylic acids is 1. The van der Waals surface area contributed by atoms with E-state index in [-0.39, 0.29) is 5.97 Å². The van der Waals surface area contributed by atoms with Crippen LogP contribution in [0, 0.1) is 6.92 Å². The van der Waals surface area contributed by atoms with Crippen molar-refractivity contribution in [3.8, 4) is 0 Å². The monoisotopic (exact) mass is 276 g/mol. The van der Waals surface area contributed by atoms with Crippen LogP contribution in [0.15, 0.2) is 16.6 Å². The normalized spacial score (nSPS) is 10.0. The predicted octanol–water partition coefficient (Wildman–Crippen LogP) is 3.59. The van der Waals surface area contributed by atoms with E-state index in [2.05, 4.69) is 15.9 Å². The Hall–Kier alpha value is -0.540. The van der Waals surface area contributed by atoms with Gasteiger partial charge in [-0.25, -0.2) is 4.79 Å². The molecule has 0 aliphatic heterocycles. The summed E-state index contributed by atoms with van der Waals surface area (Å²) in [5.74, 6) is -0.348. The van der Waals surface area contributed by atoms with Gasteiger partial charge in [-0.2, -0.15) is 0 Å². The fraction of sp³-hybridized carbons (Fsp3) is 0.300. The van der Waals surface area contributed by atoms with Gasteiger partial charge in [-0.05, 0) is 47.5 Å². The SMILES string of the molecule is CCOC(=O)c1c(Br)ccc(Cl)c1C. The molecule has 0 radical (unpaired) electrons. The minimum Gasteiger partial charge on any atom is -0.462 e. The number of hydrogen-bond donors (Lipinski definition) is 0. The van der Waals surface area contributed by atoms with Crippen molar-refractivity contribution in [1.29, 1.82) is 0 Å². The lowest BCUT2D eigenvalue weighted by molar-refractivity contribution is 0.0524. The molecule has 0 bridgehead atoms. The molecule has 4 heteroatoms. The van der Waals surface area contributed by atoms with Gasteiger partial charge in [-0.15, -0.1) is 0 Å². The van der Waals surface area contributed by atoms with Crippen molar-refractivity contribution in [2.75, 3.05) is 6.61 Å². The van der Waals surface area contributed by atoms with Crippen LogP contribution < -0.4 is 0 Å². The number of carbonyl (C=O) groups is 1. The van der Waals surface area contributed by atoms with Gasteiger partial charge in [0, 0.05) is 9.50 Å². The number of ether oxygens (including phenoxy) is 1. The molecule has 1 rings (SSSR count). The Kier molecular flexibility index (Phi) is 3.96. The van der Waals surface area contributed by atoms with Crippen LogP contribution >= 0.6 is 27.5 Å². The zero-order chi connectivity index (χ0) is 10.7. The van der Waals surface area contributed by atoms with Crippen LogP contribution in [0.25, 0.3) is 0 Å². The molecule has 0 aromatic heterocycles. The van der Waals surface area contributed by atoms with E-state index >= 15 is 0 Å². The first kappa shape index (κ1) is 11.5. The second kappa shape index (κ2) is 4.80. The smallest absolute Gasteiger partial charge is 0.339 e. The Morgan fingerprint density at radius 1 is 1.57 bits per heavy atom. The molecule has 76 valence electrons. The Balaban J connectivity index is 3.18. The molecule has 0 atom stereocenters. The Morgan fingerprint density at radius 2 is 2.21 bits per heavy atom. The standard InChI is InChI=1S/C10H10BrClO2/c1-3-14-10(13)9-6(2)8(12)5-4-7(9)11/h4-5H,3H2,1-2H3. The van der Waals surface area contributed by atoms with Crippen molar-refractivity contribution >= 4 is 33.5 Å². The number of benzene rings is 1. The molecule has 0 aliphatic carbocycles. The van der Waals surface area contributed by atoms with E-state index < -0.39 is 0 Å². The van der Waals surface area contributed by atoms with Gasteiger partial charge < -0.3 is 4.74 Å². The van der Waals surface area contributed by atoms with Crippen LogP contribution in [-0.2, 0) is 4.74 Å². The largest absolute Gasteiger partial charge is 0.462 e. The molecule has 0 spiro atoms. The molecule has 1 aromatic rings. The second-order valence-corrected chi connectivity index (χ2v) is 4.01. The van der Waals surface area contributed by atoms with Gasteiger partial charge in [0.05, 0.1) is 12.2 Å². The summed E-state index contributed by atoms with van der Waals surface area (Å²) in [5, 5.41) is 0.566. The maximum Gasteiger partial charge on any atom is 0.339 e. The molecule has 0 aliphatic rings. The van der Waals surface area contributed by atoms with Crippen molar-refractivity contribution in [3.63, 3.8) is 0 Å². The highest BCUT2D eigenvalue weighted by Gasteiger charge is 2.15. The minimum absolute atomic E-state index is 0.348. The summed E-state index contributed by atoms with van der Waals surface area (Å²) in [6.07, 6.45) is 0. The summed E-state index contributed by atoms with van der Waals surface area (Å²) in [6.45, 7) is 3.92. The fourth-order valence-corrected chi connectivity index (χ4v) is 1.86. The maximum atomic E-state index is 11.5. The quantitative estimate of drug-likeness (QED) is 0.772. The average Bonchev–Trinajstić information content (AvgIpc) is 2.13. The first-order chi connectivity index (χ1) is 6.57. The van der Waals surface area contributed by atoms with Crippen molar-refractivity contribution < 1.29 is 9.53 Å². The lowest BCUT2D eigenvalue weighted by atomic mass is 10.1. The van der Waals surface area contributed by atoms with Gasteiger partial charge in [0.1, 0.15) is 0 Å². The number of rotatable bonds is 2. The molecular weight excluding hydrogens is 267 g/mol. The van der Waals surface area contributed by atoms with E-state index in [0.29, 0.717) is 21.7 Å². The third kappa shape index (κ3) is 2.28. The summed E-state index contributed by atoms with van der Waals surface area (Å²) in [7, 11) is 0. The second-order valence-electron chi connectivity index (χ2n) is 2.75. The van der Waals surface area contributed by atoms with E-state index in [0.717, 1.165) is 5.56 Å². The molecule has 0 fully saturated rings. The summed E-state index contributed by atoms with van der Waals surface area (Å²) in [6, 6.07) is 3.48. The third-order valence-electron chi connectivity index (χ3n) is 1.83. The zero-order valence-corrected chi connectivity index (χ0v) is 10.3. The highest BCUT2D eigenvalue weighted by atomic mass is 79.9. The van der Waals surface area contributed by atoms with Gasteiger partial charge in [-0.1, -0.05) is 11.6 Å². The Labute approximate surface area is 96.3 Å². The van der Waals surface area contributed by atoms with Gasteiger partial charge in [0.2, 0.25) is 0 Å². The Morgan fingerprint density at radius 3 is 2.79 bits per heavy atom. The summed E-state index contributed by atoms with van der Waals surface area (Å²) >= 11 is 9.19. The molecular formula is C10H10BrClO2. The van der Waals surface area contributed by atoms with Gasteiger partial charge in [-0.3, -0.25) is 0 Å². The van der Waals surface area contributed by atoms with Crippen molar-refractivity contribution in [2.24, 2.45) is 0 Å². The van der Waals surface area contributed by atoms with Gasteiger partial charge >= 0.3 is 5.97 Å². The number of esters is 1. The molecule has 0 heterocycles. The zero-order valence-electron chi connectivity index (χ0n) is 7.93. The van der Waals surface area contributed by atoms with Crippen molar-refractivity contribution in [1.82, 2.24) is 0 Å². The van der Waals surface area contributed by atoms with E-state index in [1.54, 1.807) is 26.0 Å². The molecule has 14 heavy (non-hydrogen) atoms. The molecule has 0 unspecified atom stereocenters. The highest BCUT2D eigenvalue weighted by Crippen LogP contribution is 2.27. The molecule has 0 N–H and O–H groups in total. The van der Waals surface area contributed by atoms with Crippen LogP contribution in [-0.4, -0.2) is 12.6 Å². The topological polar surface area (TPSA) is 26.3 Å². The lowest BCUT2D eigenvalue weighted by Gasteiger charge is -2.08. The molecule has 1 aromatic carbocycles. The summed E-state index contributed by atoms with van der Waals surface area (Å²) < 4.78 is 5.62. The summed E-state index contributed by atoms with van der Waals surface area (Å²) in [4.78, 5) is 11.5. The number of hydrogen-bond acceptors (Lipinski definition) is 2. The number of halogens is 2. The van der Waals surface area contributed by atoms with Crippen LogP contribution in [0.2, 0.25) is 5.02 Å². The highest BCUT2D eigenvalue weighted by molar-refractivity contribution is 9.10. The molecule has 2 nitrogen and oxygen atoms in total. The Bertz CT molecular complexity index is 363. The first-order valence-electron chi connectivity index (χ1n) is 4.19. The van der Waals surface area contributed by atoms with Crippen LogP contribution in [0.3, 0.4) is 0 Å². The lowest BCUT2D eigenvalue weighted by Crippen LogP contribution is -2.07. The van der Waals surface area contributed by atoms with E-state index in [9.17, 15) is 4.79 Å². The van der Waals surface area contributed by atoms with E-state index in [1.165, 1.54) is 0 Å². The molecule has 0 amide bonds. The van der Waals surface area contributed by atoms with Gasteiger partial charge in [0.15, 0.2) is 0 Å². The first-order valence-corrected chi connectivity index (χ1v) is 5.36. The van der Waals surface area contributed by atoms with E-state index in [4.69, 9.17) is 16.3 Å². The predicted molar refractivity (Wildman–Crippen MR) is 59.8 cm³/mol. The van der Waals surface area contributed by atoms with Crippen LogP contribution in [0.1, 0.15) is 22.8 Å².